The van der Waals surface area contributed by atoms with Gasteiger partial charge in [0, 0.05) is 12.2 Å². The third kappa shape index (κ3) is 3.11. The molecular formula is C16H12O4. The van der Waals surface area contributed by atoms with Crippen molar-refractivity contribution in [1.82, 2.24) is 0 Å². The molecule has 0 saturated heterocycles. The van der Waals surface area contributed by atoms with E-state index in [0.717, 1.165) is 34.1 Å². The van der Waals surface area contributed by atoms with Crippen LogP contribution in [-0.2, 0) is 9.59 Å². The molecule has 0 aliphatic rings. The molecule has 0 radical (unpaired) electrons. The van der Waals surface area contributed by atoms with Crippen molar-refractivity contribution in [2.45, 2.75) is 0 Å². The van der Waals surface area contributed by atoms with Crippen molar-refractivity contribution in [2.24, 2.45) is 0 Å². The van der Waals surface area contributed by atoms with Gasteiger partial charge >= 0.3 is 11.9 Å². The zero-order valence-electron chi connectivity index (χ0n) is 10.5. The van der Waals surface area contributed by atoms with E-state index in [2.05, 4.69) is 0 Å². The van der Waals surface area contributed by atoms with Crippen LogP contribution >= 0.6 is 0 Å². The minimum Gasteiger partial charge on any atom is -0.478 e. The predicted molar refractivity (Wildman–Crippen MR) is 77.3 cm³/mol. The smallest absolute Gasteiger partial charge is 0.328 e. The number of rotatable bonds is 4. The van der Waals surface area contributed by atoms with E-state index in [0.29, 0.717) is 0 Å². The van der Waals surface area contributed by atoms with Gasteiger partial charge in [0.15, 0.2) is 0 Å². The summed E-state index contributed by atoms with van der Waals surface area (Å²) in [7, 11) is 0. The molecule has 2 aromatic rings. The fourth-order valence-corrected chi connectivity index (χ4v) is 1.96. The van der Waals surface area contributed by atoms with E-state index in [1.807, 2.05) is 24.3 Å². The number of benzene rings is 2. The maximum Gasteiger partial charge on any atom is 0.328 e. The molecule has 0 bridgehead atoms. The van der Waals surface area contributed by atoms with Crippen molar-refractivity contribution in [3.8, 4) is 0 Å². The average molecular weight is 268 g/mol. The standard InChI is InChI=1S/C16H12O4/c17-15(18)9-7-11-5-6-12(8-10-16(19)20)14-4-2-1-3-13(11)14/h1-10H,(H,17,18)(H,19,20)/b9-7+,10-8+. The molecule has 0 fully saturated rings. The van der Waals surface area contributed by atoms with Crippen LogP contribution in [0.4, 0.5) is 0 Å². The Morgan fingerprint density at radius 1 is 0.750 bits per heavy atom. The zero-order valence-corrected chi connectivity index (χ0v) is 10.5. The molecule has 4 nitrogen and oxygen atoms in total. The lowest BCUT2D eigenvalue weighted by Gasteiger charge is -2.05. The Hall–Kier alpha value is -2.88. The van der Waals surface area contributed by atoms with Gasteiger partial charge in [-0.2, -0.15) is 0 Å². The summed E-state index contributed by atoms with van der Waals surface area (Å²) in [6, 6.07) is 11.0. The Bertz CT molecular complexity index is 664. The van der Waals surface area contributed by atoms with E-state index < -0.39 is 11.9 Å². The molecule has 2 aromatic carbocycles. The second kappa shape index (κ2) is 5.84. The second-order valence-corrected chi connectivity index (χ2v) is 4.13. The Kier molecular flexibility index (Phi) is 3.96. The summed E-state index contributed by atoms with van der Waals surface area (Å²) in [5.74, 6) is -2.02. The number of carbonyl (C=O) groups is 2. The molecule has 4 heteroatoms. The minimum atomic E-state index is -1.01. The van der Waals surface area contributed by atoms with Gasteiger partial charge < -0.3 is 10.2 Å². The van der Waals surface area contributed by atoms with Gasteiger partial charge in [-0.15, -0.1) is 0 Å². The van der Waals surface area contributed by atoms with Crippen molar-refractivity contribution < 1.29 is 19.8 Å². The fraction of sp³-hybridized carbons (Fsp3) is 0. The largest absolute Gasteiger partial charge is 0.478 e. The molecule has 100 valence electrons. The lowest BCUT2D eigenvalue weighted by atomic mass is 9.99. The highest BCUT2D eigenvalue weighted by Crippen LogP contribution is 2.24. The summed E-state index contributed by atoms with van der Waals surface area (Å²) in [4.78, 5) is 21.2. The van der Waals surface area contributed by atoms with Crippen molar-refractivity contribution in [3.63, 3.8) is 0 Å². The van der Waals surface area contributed by atoms with E-state index in [9.17, 15) is 9.59 Å². The zero-order chi connectivity index (χ0) is 14.5. The molecule has 0 saturated carbocycles. The van der Waals surface area contributed by atoms with Crippen LogP contribution in [-0.4, -0.2) is 22.2 Å². The number of carboxylic acids is 2. The molecule has 2 rings (SSSR count). The highest BCUT2D eigenvalue weighted by molar-refractivity contribution is 5.99. The summed E-state index contributed by atoms with van der Waals surface area (Å²) in [6.07, 6.45) is 5.20. The summed E-state index contributed by atoms with van der Waals surface area (Å²) >= 11 is 0. The number of hydrogen-bond donors (Lipinski definition) is 2. The maximum atomic E-state index is 10.6. The topological polar surface area (TPSA) is 74.6 Å². The monoisotopic (exact) mass is 268 g/mol. The van der Waals surface area contributed by atoms with Crippen molar-refractivity contribution in [3.05, 3.63) is 59.7 Å². The summed E-state index contributed by atoms with van der Waals surface area (Å²) in [5.41, 5.74) is 1.55. The van der Waals surface area contributed by atoms with Crippen LogP contribution in [0, 0.1) is 0 Å². The van der Waals surface area contributed by atoms with E-state index in [4.69, 9.17) is 10.2 Å². The summed E-state index contributed by atoms with van der Waals surface area (Å²) in [6.45, 7) is 0. The van der Waals surface area contributed by atoms with Gasteiger partial charge in [-0.25, -0.2) is 9.59 Å². The molecule has 0 spiro atoms. The number of carboxylic acid groups (broad SMARTS) is 2. The summed E-state index contributed by atoms with van der Waals surface area (Å²) < 4.78 is 0. The lowest BCUT2D eigenvalue weighted by Crippen LogP contribution is -1.89. The molecule has 0 heterocycles. The van der Waals surface area contributed by atoms with Gasteiger partial charge in [0.25, 0.3) is 0 Å². The molecular weight excluding hydrogens is 256 g/mol. The molecule has 2 N–H and O–H groups in total. The fourth-order valence-electron chi connectivity index (χ4n) is 1.96. The maximum absolute atomic E-state index is 10.6. The number of fused-ring (bicyclic) bond motifs is 1. The molecule has 0 aromatic heterocycles. The van der Waals surface area contributed by atoms with Crippen molar-refractivity contribution in [2.75, 3.05) is 0 Å². The SMILES string of the molecule is O=C(O)/C=C/c1ccc(/C=C/C(=O)O)c2ccccc12. The first-order valence-corrected chi connectivity index (χ1v) is 5.91. The minimum absolute atomic E-state index is 0.774. The van der Waals surface area contributed by atoms with Gasteiger partial charge in [-0.3, -0.25) is 0 Å². The molecule has 0 aliphatic carbocycles. The van der Waals surface area contributed by atoms with E-state index in [1.54, 1.807) is 12.1 Å². The summed E-state index contributed by atoms with van der Waals surface area (Å²) in [5, 5.41) is 19.1. The van der Waals surface area contributed by atoms with Gasteiger partial charge in [0.2, 0.25) is 0 Å². The lowest BCUT2D eigenvalue weighted by molar-refractivity contribution is -0.132. The predicted octanol–water partition coefficient (Wildman–Crippen LogP) is 3.04. The van der Waals surface area contributed by atoms with Crippen LogP contribution in [0.5, 0.6) is 0 Å². The molecule has 0 unspecified atom stereocenters. The van der Waals surface area contributed by atoms with Crippen molar-refractivity contribution >= 4 is 34.9 Å². The molecule has 0 atom stereocenters. The van der Waals surface area contributed by atoms with Crippen LogP contribution in [0.15, 0.2) is 48.6 Å². The second-order valence-electron chi connectivity index (χ2n) is 4.13. The van der Waals surface area contributed by atoms with E-state index in [1.165, 1.54) is 12.2 Å². The van der Waals surface area contributed by atoms with Crippen molar-refractivity contribution in [1.29, 1.82) is 0 Å². The Morgan fingerprint density at radius 2 is 1.15 bits per heavy atom. The van der Waals surface area contributed by atoms with E-state index in [-0.39, 0.29) is 0 Å². The molecule has 0 aliphatic heterocycles. The first-order valence-electron chi connectivity index (χ1n) is 5.91. The van der Waals surface area contributed by atoms with E-state index >= 15 is 0 Å². The first-order chi connectivity index (χ1) is 9.58. The Morgan fingerprint density at radius 3 is 1.50 bits per heavy atom. The third-order valence-corrected chi connectivity index (χ3v) is 2.80. The Balaban J connectivity index is 2.58. The number of hydrogen-bond acceptors (Lipinski definition) is 2. The normalized spacial score (nSPS) is 11.4. The first kappa shape index (κ1) is 13.5. The van der Waals surface area contributed by atoms with Gasteiger partial charge in [0.1, 0.15) is 0 Å². The average Bonchev–Trinajstić information content (AvgIpc) is 2.43. The quantitative estimate of drug-likeness (QED) is 0.836. The highest BCUT2D eigenvalue weighted by Gasteiger charge is 2.02. The van der Waals surface area contributed by atoms with Crippen LogP contribution in [0.2, 0.25) is 0 Å². The van der Waals surface area contributed by atoms with Crippen LogP contribution < -0.4 is 0 Å². The van der Waals surface area contributed by atoms with Crippen LogP contribution in [0.25, 0.3) is 22.9 Å². The number of aliphatic carboxylic acids is 2. The molecule has 0 amide bonds. The highest BCUT2D eigenvalue weighted by atomic mass is 16.4. The van der Waals surface area contributed by atoms with Gasteiger partial charge in [-0.05, 0) is 34.1 Å². The van der Waals surface area contributed by atoms with Crippen LogP contribution in [0.3, 0.4) is 0 Å². The Labute approximate surface area is 115 Å². The van der Waals surface area contributed by atoms with Crippen LogP contribution in [0.1, 0.15) is 11.1 Å². The third-order valence-electron chi connectivity index (χ3n) is 2.80. The molecule has 20 heavy (non-hydrogen) atoms. The van der Waals surface area contributed by atoms with Gasteiger partial charge in [0.05, 0.1) is 0 Å². The van der Waals surface area contributed by atoms with Gasteiger partial charge in [-0.1, -0.05) is 36.4 Å².